The number of benzene rings is 1. The van der Waals surface area contributed by atoms with Gasteiger partial charge in [0.1, 0.15) is 0 Å². The third kappa shape index (κ3) is 6.38. The quantitative estimate of drug-likeness (QED) is 0.680. The Bertz CT molecular complexity index is 727. The van der Waals surface area contributed by atoms with Gasteiger partial charge >= 0.3 is 0 Å². The summed E-state index contributed by atoms with van der Waals surface area (Å²) in [6.45, 7) is 1.75. The molecule has 2 amide bonds. The van der Waals surface area contributed by atoms with Crippen molar-refractivity contribution >= 4 is 27.5 Å². The zero-order valence-corrected chi connectivity index (χ0v) is 15.4. The number of amides is 2. The fraction of sp³-hybridized carbons (Fsp3) is 0.529. The maximum Gasteiger partial charge on any atom is 0.239 e. The van der Waals surface area contributed by atoms with E-state index < -0.39 is 10.0 Å². The van der Waals surface area contributed by atoms with Crippen LogP contribution in [0.3, 0.4) is 0 Å². The van der Waals surface area contributed by atoms with Gasteiger partial charge in [0.2, 0.25) is 21.8 Å². The van der Waals surface area contributed by atoms with Gasteiger partial charge in [0.15, 0.2) is 0 Å². The van der Waals surface area contributed by atoms with E-state index in [1.54, 1.807) is 31.2 Å². The summed E-state index contributed by atoms with van der Waals surface area (Å²) < 4.78 is 25.0. The van der Waals surface area contributed by atoms with Crippen molar-refractivity contribution in [3.8, 4) is 0 Å². The van der Waals surface area contributed by atoms with E-state index in [9.17, 15) is 18.0 Å². The molecule has 3 N–H and O–H groups in total. The molecule has 1 aromatic carbocycles. The molecule has 1 saturated carbocycles. The Kier molecular flexibility index (Phi) is 6.41. The van der Waals surface area contributed by atoms with E-state index in [0.29, 0.717) is 5.69 Å². The Balaban J connectivity index is 1.86. The van der Waals surface area contributed by atoms with Gasteiger partial charge in [0.25, 0.3) is 0 Å². The van der Waals surface area contributed by atoms with Gasteiger partial charge in [-0.1, -0.05) is 25.0 Å². The van der Waals surface area contributed by atoms with Crippen molar-refractivity contribution in [2.45, 2.75) is 38.6 Å². The fourth-order valence-corrected chi connectivity index (χ4v) is 3.52. The van der Waals surface area contributed by atoms with Crippen LogP contribution in [0.25, 0.3) is 0 Å². The van der Waals surface area contributed by atoms with Gasteiger partial charge in [-0.15, -0.1) is 0 Å². The Hall–Kier alpha value is -2.09. The molecule has 0 radical (unpaired) electrons. The molecule has 0 heterocycles. The lowest BCUT2D eigenvalue weighted by Crippen LogP contribution is -2.39. The van der Waals surface area contributed by atoms with Gasteiger partial charge in [0.05, 0.1) is 18.8 Å². The van der Waals surface area contributed by atoms with E-state index in [1.807, 2.05) is 0 Å². The van der Waals surface area contributed by atoms with E-state index in [0.717, 1.165) is 37.5 Å². The van der Waals surface area contributed by atoms with Crippen molar-refractivity contribution in [2.24, 2.45) is 5.92 Å². The van der Waals surface area contributed by atoms with Crippen LogP contribution in [-0.4, -0.2) is 33.0 Å². The lowest BCUT2D eigenvalue weighted by Gasteiger charge is -2.16. The Morgan fingerprint density at radius 2 is 1.92 bits per heavy atom. The van der Waals surface area contributed by atoms with Crippen molar-refractivity contribution in [3.05, 3.63) is 29.8 Å². The van der Waals surface area contributed by atoms with Crippen LogP contribution in [0.4, 0.5) is 5.69 Å². The second-order valence-corrected chi connectivity index (χ2v) is 8.24. The molecule has 1 aliphatic carbocycles. The topological polar surface area (TPSA) is 104 Å². The summed E-state index contributed by atoms with van der Waals surface area (Å²) in [5.74, 6) is -0.302. The number of nitrogens with one attached hydrogen (secondary N) is 3. The molecule has 7 nitrogen and oxygen atoms in total. The summed E-state index contributed by atoms with van der Waals surface area (Å²) in [4.78, 5) is 23.9. The van der Waals surface area contributed by atoms with Gasteiger partial charge in [0, 0.05) is 11.6 Å². The number of hydrogen-bond donors (Lipinski definition) is 3. The van der Waals surface area contributed by atoms with Crippen LogP contribution < -0.4 is 15.4 Å². The van der Waals surface area contributed by atoms with Gasteiger partial charge in [-0.2, -0.15) is 0 Å². The van der Waals surface area contributed by atoms with Gasteiger partial charge in [-0.25, -0.2) is 8.42 Å². The summed E-state index contributed by atoms with van der Waals surface area (Å²) in [7, 11) is -3.35. The van der Waals surface area contributed by atoms with Crippen molar-refractivity contribution in [3.63, 3.8) is 0 Å². The average molecular weight is 367 g/mol. The predicted octanol–water partition coefficient (Wildman–Crippen LogP) is 1.54. The molecule has 1 unspecified atom stereocenters. The maximum absolute atomic E-state index is 12.0. The highest BCUT2D eigenvalue weighted by molar-refractivity contribution is 7.92. The van der Waals surface area contributed by atoms with E-state index >= 15 is 0 Å². The Morgan fingerprint density at radius 1 is 1.24 bits per heavy atom. The van der Waals surface area contributed by atoms with Crippen LogP contribution in [0.1, 0.15) is 44.2 Å². The first kappa shape index (κ1) is 19.2. The van der Waals surface area contributed by atoms with Crippen LogP contribution in [0, 0.1) is 5.92 Å². The van der Waals surface area contributed by atoms with Crippen LogP contribution >= 0.6 is 0 Å². The Morgan fingerprint density at radius 3 is 2.56 bits per heavy atom. The molecule has 1 fully saturated rings. The summed E-state index contributed by atoms with van der Waals surface area (Å²) >= 11 is 0. The maximum atomic E-state index is 12.0. The van der Waals surface area contributed by atoms with Crippen molar-refractivity contribution in [1.82, 2.24) is 10.6 Å². The van der Waals surface area contributed by atoms with E-state index in [1.165, 1.54) is 0 Å². The standard InChI is InChI=1S/C17H25N3O4S/c1-12(14-8-5-9-15(10-14)20-25(2,23)24)19-16(21)11-18-17(22)13-6-3-4-7-13/h5,8-10,12-13,20H,3-4,6-7,11H2,1-2H3,(H,18,22)(H,19,21). The molecule has 0 saturated heterocycles. The first-order valence-corrected chi connectivity index (χ1v) is 10.3. The molecule has 8 heteroatoms. The van der Waals surface area contributed by atoms with Gasteiger partial charge in [-0.05, 0) is 37.5 Å². The third-order valence-corrected chi connectivity index (χ3v) is 4.82. The summed E-state index contributed by atoms with van der Waals surface area (Å²) in [6.07, 6.45) is 5.00. The van der Waals surface area contributed by atoms with E-state index in [2.05, 4.69) is 15.4 Å². The minimum atomic E-state index is -3.35. The van der Waals surface area contributed by atoms with Crippen LogP contribution in [0.15, 0.2) is 24.3 Å². The highest BCUT2D eigenvalue weighted by Crippen LogP contribution is 2.24. The summed E-state index contributed by atoms with van der Waals surface area (Å²) in [5.41, 5.74) is 1.21. The zero-order chi connectivity index (χ0) is 18.4. The number of carbonyl (C=O) groups is 2. The molecule has 1 aromatic rings. The largest absolute Gasteiger partial charge is 0.348 e. The van der Waals surface area contributed by atoms with Crippen LogP contribution in [0.5, 0.6) is 0 Å². The minimum absolute atomic E-state index is 0.0315. The zero-order valence-electron chi connectivity index (χ0n) is 14.5. The highest BCUT2D eigenvalue weighted by atomic mass is 32.2. The third-order valence-electron chi connectivity index (χ3n) is 4.22. The molecule has 0 aliphatic heterocycles. The SMILES string of the molecule is CC(NC(=O)CNC(=O)C1CCCC1)c1cccc(NS(C)(=O)=O)c1. The number of carbonyl (C=O) groups excluding carboxylic acids is 2. The van der Waals surface area contributed by atoms with Crippen LogP contribution in [-0.2, 0) is 19.6 Å². The molecule has 2 rings (SSSR count). The smallest absolute Gasteiger partial charge is 0.239 e. The first-order valence-electron chi connectivity index (χ1n) is 8.39. The van der Waals surface area contributed by atoms with Gasteiger partial charge < -0.3 is 10.6 Å². The van der Waals surface area contributed by atoms with Crippen molar-refractivity contribution in [2.75, 3.05) is 17.5 Å². The molecule has 0 aromatic heterocycles. The second kappa shape index (κ2) is 8.33. The molecule has 1 aliphatic rings. The number of hydrogen-bond acceptors (Lipinski definition) is 4. The molecule has 1 atom stereocenters. The van der Waals surface area contributed by atoms with Crippen molar-refractivity contribution < 1.29 is 18.0 Å². The average Bonchev–Trinajstić information content (AvgIpc) is 3.05. The monoisotopic (exact) mass is 367 g/mol. The predicted molar refractivity (Wildman–Crippen MR) is 96.4 cm³/mol. The number of rotatable bonds is 7. The van der Waals surface area contributed by atoms with E-state index in [-0.39, 0.29) is 30.3 Å². The molecular weight excluding hydrogens is 342 g/mol. The lowest BCUT2D eigenvalue weighted by molar-refractivity contribution is -0.128. The molecular formula is C17H25N3O4S. The number of anilines is 1. The fourth-order valence-electron chi connectivity index (χ4n) is 2.96. The van der Waals surface area contributed by atoms with Crippen molar-refractivity contribution in [1.29, 1.82) is 0 Å². The highest BCUT2D eigenvalue weighted by Gasteiger charge is 2.23. The lowest BCUT2D eigenvalue weighted by atomic mass is 10.1. The molecule has 138 valence electrons. The van der Waals surface area contributed by atoms with Gasteiger partial charge in [-0.3, -0.25) is 14.3 Å². The normalized spacial score (nSPS) is 16.2. The molecule has 0 spiro atoms. The van der Waals surface area contributed by atoms with E-state index in [4.69, 9.17) is 0 Å². The molecule has 0 bridgehead atoms. The summed E-state index contributed by atoms with van der Waals surface area (Å²) in [6, 6.07) is 6.52. The summed E-state index contributed by atoms with van der Waals surface area (Å²) in [5, 5.41) is 5.48. The second-order valence-electron chi connectivity index (χ2n) is 6.49. The Labute approximate surface area is 148 Å². The minimum Gasteiger partial charge on any atom is -0.348 e. The van der Waals surface area contributed by atoms with Crippen LogP contribution in [0.2, 0.25) is 0 Å². The number of sulfonamides is 1. The molecule has 25 heavy (non-hydrogen) atoms. The first-order chi connectivity index (χ1) is 11.7.